The van der Waals surface area contributed by atoms with Crippen molar-refractivity contribution >= 4 is 29.0 Å². The summed E-state index contributed by atoms with van der Waals surface area (Å²) in [5, 5.41) is 13.2. The van der Waals surface area contributed by atoms with Crippen molar-refractivity contribution in [3.05, 3.63) is 63.7 Å². The summed E-state index contributed by atoms with van der Waals surface area (Å²) >= 11 is 1.18. The summed E-state index contributed by atoms with van der Waals surface area (Å²) in [5.74, 6) is -2.42. The molecule has 0 saturated carbocycles. The number of hydrogen-bond acceptors (Lipinski definition) is 4. The van der Waals surface area contributed by atoms with Crippen molar-refractivity contribution in [1.29, 1.82) is 0 Å². The lowest BCUT2D eigenvalue weighted by Crippen LogP contribution is -2.13. The number of thioether (sulfide) groups is 1. The Morgan fingerprint density at radius 1 is 1.23 bits per heavy atom. The van der Waals surface area contributed by atoms with Gasteiger partial charge in [-0.25, -0.2) is 8.78 Å². The number of hydrogen-bond donors (Lipinski definition) is 1. The first-order chi connectivity index (χ1) is 10.4. The quantitative estimate of drug-likeness (QED) is 0.527. The lowest BCUT2D eigenvalue weighted by molar-refractivity contribution is -0.387. The van der Waals surface area contributed by atoms with E-state index in [0.29, 0.717) is 11.0 Å². The third-order valence-electron chi connectivity index (χ3n) is 2.82. The number of nitro benzene ring substituents is 1. The van der Waals surface area contributed by atoms with E-state index >= 15 is 0 Å². The minimum absolute atomic E-state index is 0.00762. The third kappa shape index (κ3) is 3.40. The minimum Gasteiger partial charge on any atom is -0.319 e. The molecule has 0 aliphatic rings. The van der Waals surface area contributed by atoms with E-state index in [9.17, 15) is 23.7 Å². The zero-order valence-corrected chi connectivity index (χ0v) is 12.1. The van der Waals surface area contributed by atoms with E-state index in [-0.39, 0.29) is 16.9 Å². The fourth-order valence-corrected chi connectivity index (χ4v) is 2.31. The second-order valence-corrected chi connectivity index (χ2v) is 5.07. The molecule has 0 aliphatic carbocycles. The summed E-state index contributed by atoms with van der Waals surface area (Å²) in [6.45, 7) is 0. The standard InChI is InChI=1S/C14H10F2N2O3S/c1-22-13-5-2-8(6-12(13)18(20)21)14(19)17-11-4-3-9(15)7-10(11)16/h2-7H,1H3,(H,17,19). The molecular formula is C14H10F2N2O3S. The van der Waals surface area contributed by atoms with Gasteiger partial charge in [-0.1, -0.05) is 0 Å². The van der Waals surface area contributed by atoms with E-state index in [4.69, 9.17) is 0 Å². The van der Waals surface area contributed by atoms with Gasteiger partial charge < -0.3 is 5.32 Å². The maximum Gasteiger partial charge on any atom is 0.283 e. The van der Waals surface area contributed by atoms with Crippen LogP contribution in [-0.4, -0.2) is 17.1 Å². The van der Waals surface area contributed by atoms with Gasteiger partial charge in [0.05, 0.1) is 15.5 Å². The van der Waals surface area contributed by atoms with E-state index in [1.165, 1.54) is 23.9 Å². The number of carbonyl (C=O) groups is 1. The number of nitrogens with zero attached hydrogens (tertiary/aromatic N) is 1. The summed E-state index contributed by atoms with van der Waals surface area (Å²) in [5.41, 5.74) is -0.407. The molecule has 0 unspecified atom stereocenters. The molecule has 0 radical (unpaired) electrons. The molecule has 1 amide bonds. The van der Waals surface area contributed by atoms with E-state index in [1.54, 1.807) is 6.26 Å². The van der Waals surface area contributed by atoms with Crippen LogP contribution in [0.5, 0.6) is 0 Å². The van der Waals surface area contributed by atoms with E-state index in [2.05, 4.69) is 5.32 Å². The lowest BCUT2D eigenvalue weighted by atomic mass is 10.2. The van der Waals surface area contributed by atoms with Gasteiger partial charge in [0.25, 0.3) is 11.6 Å². The van der Waals surface area contributed by atoms with Gasteiger partial charge in [-0.3, -0.25) is 14.9 Å². The Morgan fingerprint density at radius 2 is 1.95 bits per heavy atom. The Hall–Kier alpha value is -2.48. The molecule has 0 saturated heterocycles. The molecule has 0 aromatic heterocycles. The topological polar surface area (TPSA) is 72.2 Å². The van der Waals surface area contributed by atoms with E-state index in [1.807, 2.05) is 0 Å². The highest BCUT2D eigenvalue weighted by atomic mass is 32.2. The van der Waals surface area contributed by atoms with Crippen LogP contribution in [0, 0.1) is 21.7 Å². The molecule has 5 nitrogen and oxygen atoms in total. The van der Waals surface area contributed by atoms with Crippen molar-refractivity contribution in [2.24, 2.45) is 0 Å². The van der Waals surface area contributed by atoms with E-state index in [0.717, 1.165) is 18.2 Å². The molecule has 0 heterocycles. The van der Waals surface area contributed by atoms with Crippen LogP contribution in [0.1, 0.15) is 10.4 Å². The van der Waals surface area contributed by atoms with E-state index < -0.39 is 22.5 Å². The van der Waals surface area contributed by atoms with Gasteiger partial charge in [0.2, 0.25) is 0 Å². The Morgan fingerprint density at radius 3 is 2.55 bits per heavy atom. The van der Waals surface area contributed by atoms with Crippen LogP contribution in [0.4, 0.5) is 20.2 Å². The summed E-state index contributed by atoms with van der Waals surface area (Å²) < 4.78 is 26.3. The van der Waals surface area contributed by atoms with Crippen LogP contribution in [0.25, 0.3) is 0 Å². The predicted molar refractivity (Wildman–Crippen MR) is 79.2 cm³/mol. The molecule has 8 heteroatoms. The second-order valence-electron chi connectivity index (χ2n) is 4.22. The van der Waals surface area contributed by atoms with Crippen molar-refractivity contribution in [2.45, 2.75) is 4.90 Å². The molecule has 114 valence electrons. The molecule has 0 fully saturated rings. The Kier molecular flexibility index (Phi) is 4.71. The van der Waals surface area contributed by atoms with Crippen molar-refractivity contribution < 1.29 is 18.5 Å². The Labute approximate surface area is 128 Å². The first-order valence-corrected chi connectivity index (χ1v) is 7.23. The maximum absolute atomic E-state index is 13.5. The number of amides is 1. The first kappa shape index (κ1) is 15.9. The van der Waals surface area contributed by atoms with Gasteiger partial charge >= 0.3 is 0 Å². The smallest absolute Gasteiger partial charge is 0.283 e. The number of nitro groups is 1. The number of carbonyl (C=O) groups excluding carboxylic acids is 1. The average molecular weight is 324 g/mol. The fraction of sp³-hybridized carbons (Fsp3) is 0.0714. The van der Waals surface area contributed by atoms with Gasteiger partial charge in [0.1, 0.15) is 11.6 Å². The molecule has 1 N–H and O–H groups in total. The number of nitrogens with one attached hydrogen (secondary N) is 1. The summed E-state index contributed by atoms with van der Waals surface area (Å²) in [6, 6.07) is 6.66. The predicted octanol–water partition coefficient (Wildman–Crippen LogP) is 3.85. The first-order valence-electron chi connectivity index (χ1n) is 6.01. The summed E-state index contributed by atoms with van der Waals surface area (Å²) in [7, 11) is 0. The van der Waals surface area contributed by atoms with Crippen molar-refractivity contribution in [3.63, 3.8) is 0 Å². The zero-order chi connectivity index (χ0) is 16.3. The molecule has 2 rings (SSSR count). The normalized spacial score (nSPS) is 10.3. The van der Waals surface area contributed by atoms with Gasteiger partial charge in [0.15, 0.2) is 0 Å². The molecule has 22 heavy (non-hydrogen) atoms. The highest BCUT2D eigenvalue weighted by molar-refractivity contribution is 7.98. The molecule has 0 aliphatic heterocycles. The van der Waals surface area contributed by atoms with Crippen molar-refractivity contribution in [2.75, 3.05) is 11.6 Å². The fourth-order valence-electron chi connectivity index (χ4n) is 1.76. The lowest BCUT2D eigenvalue weighted by Gasteiger charge is -2.07. The van der Waals surface area contributed by atoms with Gasteiger partial charge in [-0.15, -0.1) is 11.8 Å². The summed E-state index contributed by atoms with van der Waals surface area (Å²) in [4.78, 5) is 22.8. The third-order valence-corrected chi connectivity index (χ3v) is 3.60. The van der Waals surface area contributed by atoms with Gasteiger partial charge in [0, 0.05) is 17.7 Å². The second kappa shape index (κ2) is 6.52. The monoisotopic (exact) mass is 324 g/mol. The minimum atomic E-state index is -0.927. The van der Waals surface area contributed by atoms with Crippen LogP contribution in [0.15, 0.2) is 41.3 Å². The average Bonchev–Trinajstić information content (AvgIpc) is 2.49. The highest BCUT2D eigenvalue weighted by Crippen LogP contribution is 2.28. The molecule has 0 bridgehead atoms. The van der Waals surface area contributed by atoms with Crippen LogP contribution >= 0.6 is 11.8 Å². The molecule has 0 spiro atoms. The number of rotatable bonds is 4. The Bertz CT molecular complexity index is 753. The van der Waals surface area contributed by atoms with Crippen LogP contribution in [-0.2, 0) is 0 Å². The van der Waals surface area contributed by atoms with Crippen molar-refractivity contribution in [1.82, 2.24) is 0 Å². The molecular weight excluding hydrogens is 314 g/mol. The Balaban J connectivity index is 2.30. The maximum atomic E-state index is 13.5. The summed E-state index contributed by atoms with van der Waals surface area (Å²) in [6.07, 6.45) is 1.68. The zero-order valence-electron chi connectivity index (χ0n) is 11.3. The molecule has 0 atom stereocenters. The number of benzene rings is 2. The van der Waals surface area contributed by atoms with Crippen LogP contribution in [0.3, 0.4) is 0 Å². The molecule has 2 aromatic carbocycles. The van der Waals surface area contributed by atoms with Crippen LogP contribution in [0.2, 0.25) is 0 Å². The largest absolute Gasteiger partial charge is 0.319 e. The van der Waals surface area contributed by atoms with Gasteiger partial charge in [-0.05, 0) is 30.5 Å². The molecule has 2 aromatic rings. The van der Waals surface area contributed by atoms with Crippen LogP contribution < -0.4 is 5.32 Å². The highest BCUT2D eigenvalue weighted by Gasteiger charge is 2.18. The van der Waals surface area contributed by atoms with Gasteiger partial charge in [-0.2, -0.15) is 0 Å². The van der Waals surface area contributed by atoms with Crippen molar-refractivity contribution in [3.8, 4) is 0 Å². The number of anilines is 1. The SMILES string of the molecule is CSc1ccc(C(=O)Nc2ccc(F)cc2F)cc1[N+](=O)[O-]. The number of halogens is 2.